The maximum atomic E-state index is 12.3. The minimum absolute atomic E-state index is 0.217. The van der Waals surface area contributed by atoms with Crippen molar-refractivity contribution in [3.05, 3.63) is 35.4 Å². The Balaban J connectivity index is 1.13. The fourth-order valence-electron chi connectivity index (χ4n) is 6.43. The lowest BCUT2D eigenvalue weighted by Gasteiger charge is -2.13. The third kappa shape index (κ3) is 30.6. The molecule has 0 N–H and O–H groups in total. The summed E-state index contributed by atoms with van der Waals surface area (Å²) < 4.78 is 55.4. The van der Waals surface area contributed by atoms with Gasteiger partial charge in [-0.3, -0.25) is 14.5 Å². The number of carbonyl (C=O) groups is 2. The summed E-state index contributed by atoms with van der Waals surface area (Å²) in [4.78, 5) is 25.9. The number of fused-ring (bicyclic) bond motifs is 1. The summed E-state index contributed by atoms with van der Waals surface area (Å²) in [6.07, 6.45) is 22.1. The van der Waals surface area contributed by atoms with Gasteiger partial charge in [0, 0.05) is 6.61 Å². The second-order valence-corrected chi connectivity index (χ2v) is 14.7. The molecule has 0 radical (unpaired) electrons. The molecule has 13 nitrogen and oxygen atoms in total. The maximum absolute atomic E-state index is 12.3. The van der Waals surface area contributed by atoms with Crippen LogP contribution in [0.15, 0.2) is 24.3 Å². The topological polar surface area (TPSA) is 130 Å². The molecule has 59 heavy (non-hydrogen) atoms. The summed E-state index contributed by atoms with van der Waals surface area (Å²) in [6, 6.07) is 6.84. The summed E-state index contributed by atoms with van der Waals surface area (Å²) >= 11 is 0. The molecule has 342 valence electrons. The zero-order chi connectivity index (χ0) is 41.9. The predicted octanol–water partition coefficient (Wildman–Crippen LogP) is 7.71. The van der Waals surface area contributed by atoms with Gasteiger partial charge in [-0.2, -0.15) is 0 Å². The largest absolute Gasteiger partial charge is 0.379 e. The lowest BCUT2D eigenvalue weighted by Crippen LogP contribution is -2.33. The van der Waals surface area contributed by atoms with E-state index >= 15 is 0 Å². The van der Waals surface area contributed by atoms with Crippen molar-refractivity contribution in [2.75, 3.05) is 139 Å². The van der Waals surface area contributed by atoms with E-state index in [-0.39, 0.29) is 25.0 Å². The van der Waals surface area contributed by atoms with Crippen molar-refractivity contribution in [1.29, 1.82) is 0 Å². The molecule has 1 aromatic carbocycles. The number of imide groups is 1. The molecular formula is C46H81NO12. The number of unbranched alkanes of at least 4 members (excludes halogenated alkanes) is 15. The molecule has 0 fully saturated rings. The van der Waals surface area contributed by atoms with Gasteiger partial charge in [0.05, 0.1) is 143 Å². The first kappa shape index (κ1) is 53.1. The average molecular weight is 840 g/mol. The van der Waals surface area contributed by atoms with Gasteiger partial charge < -0.3 is 47.4 Å². The molecular weight excluding hydrogens is 759 g/mol. The number of rotatable bonds is 47. The highest BCUT2D eigenvalue weighted by Crippen LogP contribution is 2.22. The van der Waals surface area contributed by atoms with Crippen molar-refractivity contribution in [2.24, 2.45) is 0 Å². The standard InChI is InChI=1S/C46H81NO12/c1-2-3-4-5-6-7-8-9-10-11-12-13-14-15-16-19-23-50-25-27-52-29-31-54-33-35-56-37-39-58-41-42-59-40-38-57-36-34-55-32-30-53-28-26-51-24-22-47-45(48)43-20-17-18-21-44(43)46(47)49/h17-18,20-21H,2-16,19,22-42H2,1H3. The highest BCUT2D eigenvalue weighted by molar-refractivity contribution is 6.21. The first-order valence-electron chi connectivity index (χ1n) is 23.0. The smallest absolute Gasteiger partial charge is 0.261 e. The third-order valence-corrected chi connectivity index (χ3v) is 9.83. The molecule has 0 bridgehead atoms. The Morgan fingerprint density at radius 3 is 0.847 bits per heavy atom. The van der Waals surface area contributed by atoms with E-state index in [1.807, 2.05) is 0 Å². The van der Waals surface area contributed by atoms with Crippen LogP contribution in [0.5, 0.6) is 0 Å². The number of ether oxygens (including phenoxy) is 10. The molecule has 1 aliphatic rings. The molecule has 1 aromatic rings. The third-order valence-electron chi connectivity index (χ3n) is 9.83. The Morgan fingerprint density at radius 2 is 0.559 bits per heavy atom. The van der Waals surface area contributed by atoms with Crippen molar-refractivity contribution >= 4 is 11.8 Å². The number of benzene rings is 1. The van der Waals surface area contributed by atoms with Crippen LogP contribution in [0.2, 0.25) is 0 Å². The van der Waals surface area contributed by atoms with Gasteiger partial charge in [-0.25, -0.2) is 0 Å². The quantitative estimate of drug-likeness (QED) is 0.0471. The van der Waals surface area contributed by atoms with Crippen molar-refractivity contribution in [1.82, 2.24) is 4.90 Å². The maximum Gasteiger partial charge on any atom is 0.261 e. The monoisotopic (exact) mass is 840 g/mol. The van der Waals surface area contributed by atoms with Gasteiger partial charge in [-0.15, -0.1) is 0 Å². The Labute approximate surface area is 356 Å². The van der Waals surface area contributed by atoms with Crippen LogP contribution < -0.4 is 0 Å². The second kappa shape index (κ2) is 41.3. The fourth-order valence-corrected chi connectivity index (χ4v) is 6.43. The molecule has 0 saturated heterocycles. The Kier molecular flexibility index (Phi) is 37.2. The van der Waals surface area contributed by atoms with Gasteiger partial charge in [-0.1, -0.05) is 115 Å². The van der Waals surface area contributed by atoms with E-state index in [2.05, 4.69) is 6.92 Å². The molecule has 2 amide bonds. The van der Waals surface area contributed by atoms with E-state index in [9.17, 15) is 9.59 Å². The summed E-state index contributed by atoms with van der Waals surface area (Å²) in [6.45, 7) is 12.6. The molecule has 1 aliphatic heterocycles. The molecule has 1 heterocycles. The van der Waals surface area contributed by atoms with Crippen molar-refractivity contribution in [3.63, 3.8) is 0 Å². The van der Waals surface area contributed by atoms with Crippen LogP contribution in [-0.2, 0) is 47.4 Å². The Hall–Kier alpha value is -2.04. The minimum atomic E-state index is -0.274. The number of hydrogen-bond acceptors (Lipinski definition) is 12. The number of hydrogen-bond donors (Lipinski definition) is 0. The molecule has 0 atom stereocenters. The van der Waals surface area contributed by atoms with Gasteiger partial charge in [-0.05, 0) is 18.6 Å². The van der Waals surface area contributed by atoms with Crippen LogP contribution in [0.1, 0.15) is 130 Å². The van der Waals surface area contributed by atoms with E-state index in [0.717, 1.165) is 13.0 Å². The highest BCUT2D eigenvalue weighted by Gasteiger charge is 2.34. The summed E-state index contributed by atoms with van der Waals surface area (Å²) in [5.41, 5.74) is 0.891. The Morgan fingerprint density at radius 1 is 0.322 bits per heavy atom. The summed E-state index contributed by atoms with van der Waals surface area (Å²) in [5.74, 6) is -0.548. The van der Waals surface area contributed by atoms with Crippen molar-refractivity contribution < 1.29 is 57.0 Å². The molecule has 0 unspecified atom stereocenters. The average Bonchev–Trinajstić information content (AvgIpc) is 3.49. The molecule has 13 heteroatoms. The van der Waals surface area contributed by atoms with E-state index in [0.29, 0.717) is 130 Å². The van der Waals surface area contributed by atoms with Crippen LogP contribution in [-0.4, -0.2) is 155 Å². The number of amides is 2. The summed E-state index contributed by atoms with van der Waals surface area (Å²) in [5, 5.41) is 0. The molecule has 0 aliphatic carbocycles. The lowest BCUT2D eigenvalue weighted by atomic mass is 10.0. The van der Waals surface area contributed by atoms with Crippen molar-refractivity contribution in [2.45, 2.75) is 110 Å². The van der Waals surface area contributed by atoms with Gasteiger partial charge in [0.15, 0.2) is 0 Å². The first-order valence-corrected chi connectivity index (χ1v) is 23.0. The van der Waals surface area contributed by atoms with Gasteiger partial charge in [0.2, 0.25) is 0 Å². The van der Waals surface area contributed by atoms with E-state index in [1.54, 1.807) is 24.3 Å². The zero-order valence-corrected chi connectivity index (χ0v) is 36.8. The predicted molar refractivity (Wildman–Crippen MR) is 230 cm³/mol. The van der Waals surface area contributed by atoms with Gasteiger partial charge >= 0.3 is 0 Å². The minimum Gasteiger partial charge on any atom is -0.379 e. The molecule has 0 saturated carbocycles. The number of nitrogens with zero attached hydrogens (tertiary/aromatic N) is 1. The molecule has 0 aromatic heterocycles. The van der Waals surface area contributed by atoms with E-state index < -0.39 is 0 Å². The van der Waals surface area contributed by atoms with Crippen LogP contribution in [0.3, 0.4) is 0 Å². The van der Waals surface area contributed by atoms with Crippen LogP contribution >= 0.6 is 0 Å². The van der Waals surface area contributed by atoms with Gasteiger partial charge in [0.1, 0.15) is 0 Å². The normalized spacial score (nSPS) is 12.7. The van der Waals surface area contributed by atoms with E-state index in [4.69, 9.17) is 47.4 Å². The first-order chi connectivity index (χ1) is 29.3. The van der Waals surface area contributed by atoms with Crippen molar-refractivity contribution in [3.8, 4) is 0 Å². The lowest BCUT2D eigenvalue weighted by molar-refractivity contribution is -0.0265. The van der Waals surface area contributed by atoms with E-state index in [1.165, 1.54) is 101 Å². The SMILES string of the molecule is CCCCCCCCCCCCCCCCCCOCCOCCOCCOCCOCCOCCOCCOCCOCCOCCN1C(=O)c2ccccc2C1=O. The second-order valence-electron chi connectivity index (χ2n) is 14.7. The Bertz CT molecular complexity index is 1060. The fraction of sp³-hybridized carbons (Fsp3) is 0.826. The highest BCUT2D eigenvalue weighted by atomic mass is 16.6. The summed E-state index contributed by atoms with van der Waals surface area (Å²) in [7, 11) is 0. The molecule has 2 rings (SSSR count). The zero-order valence-electron chi connectivity index (χ0n) is 36.8. The van der Waals surface area contributed by atoms with Gasteiger partial charge in [0.25, 0.3) is 11.8 Å². The number of carbonyl (C=O) groups excluding carboxylic acids is 2. The molecule has 0 spiro atoms. The van der Waals surface area contributed by atoms with Crippen LogP contribution in [0.25, 0.3) is 0 Å². The van der Waals surface area contributed by atoms with Crippen LogP contribution in [0, 0.1) is 0 Å². The van der Waals surface area contributed by atoms with Crippen LogP contribution in [0.4, 0.5) is 0 Å².